The van der Waals surface area contributed by atoms with Crippen molar-refractivity contribution in [1.29, 1.82) is 0 Å². The van der Waals surface area contributed by atoms with E-state index < -0.39 is 10.0 Å². The molecule has 1 fully saturated rings. The number of hydrogen-bond donors (Lipinski definition) is 3. The molecule has 182 valence electrons. The maximum atomic E-state index is 12.5. The second-order valence-corrected chi connectivity index (χ2v) is 12.0. The fraction of sp³-hybridized carbons (Fsp3) is 0.440. The van der Waals surface area contributed by atoms with Crippen LogP contribution in [-0.2, 0) is 10.0 Å². The largest absolute Gasteiger partial charge is 0.367 e. The SMILES string of the molecule is CC(C)Nc1nc(NCC2CCC(CNS(=O)(=O)c3ccc(Br)cc3)CC2)nc2ccccc12. The Morgan fingerprint density at radius 3 is 2.26 bits per heavy atom. The first-order valence-corrected chi connectivity index (χ1v) is 14.1. The molecular weight excluding hydrogens is 514 g/mol. The van der Waals surface area contributed by atoms with Gasteiger partial charge < -0.3 is 10.6 Å². The van der Waals surface area contributed by atoms with Gasteiger partial charge in [-0.2, -0.15) is 4.98 Å². The van der Waals surface area contributed by atoms with Crippen LogP contribution in [0.15, 0.2) is 57.9 Å². The van der Waals surface area contributed by atoms with E-state index >= 15 is 0 Å². The highest BCUT2D eigenvalue weighted by Crippen LogP contribution is 2.29. The zero-order valence-electron chi connectivity index (χ0n) is 19.6. The highest BCUT2D eigenvalue weighted by Gasteiger charge is 2.23. The minimum absolute atomic E-state index is 0.280. The Morgan fingerprint density at radius 2 is 1.59 bits per heavy atom. The molecule has 9 heteroatoms. The van der Waals surface area contributed by atoms with E-state index in [9.17, 15) is 8.42 Å². The van der Waals surface area contributed by atoms with Crippen molar-refractivity contribution in [3.05, 3.63) is 53.0 Å². The van der Waals surface area contributed by atoms with E-state index in [2.05, 4.69) is 45.1 Å². The zero-order valence-corrected chi connectivity index (χ0v) is 22.0. The van der Waals surface area contributed by atoms with Crippen LogP contribution in [0.4, 0.5) is 11.8 Å². The van der Waals surface area contributed by atoms with Crippen molar-refractivity contribution in [1.82, 2.24) is 14.7 Å². The van der Waals surface area contributed by atoms with E-state index in [0.717, 1.165) is 53.4 Å². The van der Waals surface area contributed by atoms with E-state index in [0.29, 0.717) is 29.2 Å². The lowest BCUT2D eigenvalue weighted by molar-refractivity contribution is 0.284. The molecule has 1 aliphatic rings. The lowest BCUT2D eigenvalue weighted by Gasteiger charge is -2.28. The molecule has 0 radical (unpaired) electrons. The Morgan fingerprint density at radius 1 is 0.941 bits per heavy atom. The van der Waals surface area contributed by atoms with Crippen molar-refractivity contribution in [3.63, 3.8) is 0 Å². The highest BCUT2D eigenvalue weighted by molar-refractivity contribution is 9.10. The molecular formula is C25H32BrN5O2S. The van der Waals surface area contributed by atoms with Crippen molar-refractivity contribution >= 4 is 48.6 Å². The van der Waals surface area contributed by atoms with Gasteiger partial charge in [0.15, 0.2) is 0 Å². The van der Waals surface area contributed by atoms with Gasteiger partial charge in [-0.25, -0.2) is 18.1 Å². The Balaban J connectivity index is 1.28. The minimum atomic E-state index is -3.47. The van der Waals surface area contributed by atoms with E-state index in [1.165, 1.54) is 0 Å². The second-order valence-electron chi connectivity index (χ2n) is 9.29. The molecule has 4 rings (SSSR count). The molecule has 0 amide bonds. The Labute approximate surface area is 210 Å². The second kappa shape index (κ2) is 11.0. The number of aromatic nitrogens is 2. The van der Waals surface area contributed by atoms with Gasteiger partial charge in [-0.3, -0.25) is 0 Å². The summed E-state index contributed by atoms with van der Waals surface area (Å²) in [5, 5.41) is 7.88. The molecule has 1 saturated carbocycles. The van der Waals surface area contributed by atoms with Crippen molar-refractivity contribution in [3.8, 4) is 0 Å². The summed E-state index contributed by atoms with van der Waals surface area (Å²) in [5.41, 5.74) is 0.921. The summed E-state index contributed by atoms with van der Waals surface area (Å²) in [6.07, 6.45) is 4.13. The van der Waals surface area contributed by atoms with Crippen LogP contribution in [0.3, 0.4) is 0 Å². The van der Waals surface area contributed by atoms with E-state index in [1.807, 2.05) is 24.3 Å². The number of para-hydroxylation sites is 1. The normalized spacial score (nSPS) is 18.8. The van der Waals surface area contributed by atoms with Crippen LogP contribution in [0.5, 0.6) is 0 Å². The zero-order chi connectivity index (χ0) is 24.1. The predicted molar refractivity (Wildman–Crippen MR) is 142 cm³/mol. The van der Waals surface area contributed by atoms with Gasteiger partial charge in [0.2, 0.25) is 16.0 Å². The summed E-state index contributed by atoms with van der Waals surface area (Å²) in [6.45, 7) is 5.50. The summed E-state index contributed by atoms with van der Waals surface area (Å²) in [4.78, 5) is 9.71. The predicted octanol–water partition coefficient (Wildman–Crippen LogP) is 5.41. The minimum Gasteiger partial charge on any atom is -0.367 e. The lowest BCUT2D eigenvalue weighted by Crippen LogP contribution is -2.32. The molecule has 2 aromatic carbocycles. The molecule has 0 saturated heterocycles. The third-order valence-electron chi connectivity index (χ3n) is 6.23. The van der Waals surface area contributed by atoms with E-state index in [4.69, 9.17) is 9.97 Å². The van der Waals surface area contributed by atoms with Crippen molar-refractivity contribution < 1.29 is 8.42 Å². The topological polar surface area (TPSA) is 96.0 Å². The van der Waals surface area contributed by atoms with Crippen LogP contribution in [0.2, 0.25) is 0 Å². The molecule has 3 aromatic rings. The smallest absolute Gasteiger partial charge is 0.240 e. The molecule has 1 aromatic heterocycles. The number of halogens is 1. The maximum Gasteiger partial charge on any atom is 0.240 e. The molecule has 7 nitrogen and oxygen atoms in total. The first kappa shape index (κ1) is 24.9. The first-order valence-electron chi connectivity index (χ1n) is 11.8. The number of anilines is 2. The molecule has 3 N–H and O–H groups in total. The standard InChI is InChI=1S/C25H32BrN5O2S/c1-17(2)29-24-22-5-3-4-6-23(22)30-25(31-24)27-15-18-7-9-19(10-8-18)16-28-34(32,33)21-13-11-20(26)12-14-21/h3-6,11-14,17-19,28H,7-10,15-16H2,1-2H3,(H2,27,29,30,31). The van der Waals surface area contributed by atoms with E-state index in [1.54, 1.807) is 24.3 Å². The maximum absolute atomic E-state index is 12.5. The monoisotopic (exact) mass is 545 g/mol. The van der Waals surface area contributed by atoms with Crippen molar-refractivity contribution in [2.24, 2.45) is 11.8 Å². The summed E-state index contributed by atoms with van der Waals surface area (Å²) in [7, 11) is -3.47. The van der Waals surface area contributed by atoms with Gasteiger partial charge in [0.25, 0.3) is 0 Å². The number of rotatable bonds is 9. The fourth-order valence-electron chi connectivity index (χ4n) is 4.34. The van der Waals surface area contributed by atoms with Crippen LogP contribution < -0.4 is 15.4 Å². The van der Waals surface area contributed by atoms with Crippen LogP contribution in [0.25, 0.3) is 10.9 Å². The summed E-state index contributed by atoms with van der Waals surface area (Å²) in [6, 6.07) is 15.0. The molecule has 1 heterocycles. The molecule has 34 heavy (non-hydrogen) atoms. The first-order chi connectivity index (χ1) is 16.3. The van der Waals surface area contributed by atoms with Gasteiger partial charge >= 0.3 is 0 Å². The molecule has 1 aliphatic carbocycles. The highest BCUT2D eigenvalue weighted by atomic mass is 79.9. The third kappa shape index (κ3) is 6.46. The summed E-state index contributed by atoms with van der Waals surface area (Å²) in [5.74, 6) is 2.38. The number of nitrogens with zero attached hydrogens (tertiary/aromatic N) is 2. The van der Waals surface area contributed by atoms with E-state index in [-0.39, 0.29) is 6.04 Å². The summed E-state index contributed by atoms with van der Waals surface area (Å²) < 4.78 is 28.7. The quantitative estimate of drug-likeness (QED) is 0.332. The average Bonchev–Trinajstić information content (AvgIpc) is 2.82. The van der Waals surface area contributed by atoms with Gasteiger partial charge in [0.1, 0.15) is 5.82 Å². The van der Waals surface area contributed by atoms with Crippen molar-refractivity contribution in [2.45, 2.75) is 50.5 Å². The number of benzene rings is 2. The van der Waals surface area contributed by atoms with Gasteiger partial charge in [-0.05, 0) is 87.8 Å². The third-order valence-corrected chi connectivity index (χ3v) is 8.20. The fourth-order valence-corrected chi connectivity index (χ4v) is 5.72. The number of sulfonamides is 1. The Kier molecular flexibility index (Phi) is 8.06. The number of nitrogens with one attached hydrogen (secondary N) is 3. The van der Waals surface area contributed by atoms with Gasteiger partial charge in [-0.15, -0.1) is 0 Å². The molecule has 0 spiro atoms. The van der Waals surface area contributed by atoms with Gasteiger partial charge in [0, 0.05) is 29.0 Å². The van der Waals surface area contributed by atoms with Crippen LogP contribution in [-0.4, -0.2) is 37.5 Å². The molecule has 0 atom stereocenters. The van der Waals surface area contributed by atoms with Crippen LogP contribution >= 0.6 is 15.9 Å². The Hall–Kier alpha value is -2.23. The molecule has 0 unspecified atom stereocenters. The summed E-state index contributed by atoms with van der Waals surface area (Å²) >= 11 is 3.34. The van der Waals surface area contributed by atoms with Crippen molar-refractivity contribution in [2.75, 3.05) is 23.7 Å². The van der Waals surface area contributed by atoms with Crippen LogP contribution in [0.1, 0.15) is 39.5 Å². The van der Waals surface area contributed by atoms with Gasteiger partial charge in [-0.1, -0.05) is 28.1 Å². The molecule has 0 bridgehead atoms. The van der Waals surface area contributed by atoms with Crippen LogP contribution in [0, 0.1) is 11.8 Å². The molecule has 0 aliphatic heterocycles. The average molecular weight is 547 g/mol. The van der Waals surface area contributed by atoms with Gasteiger partial charge in [0.05, 0.1) is 10.4 Å². The Bertz CT molecular complexity index is 1210. The number of fused-ring (bicyclic) bond motifs is 1. The number of hydrogen-bond acceptors (Lipinski definition) is 6. The lowest BCUT2D eigenvalue weighted by atomic mass is 9.82.